The van der Waals surface area contributed by atoms with E-state index in [0.29, 0.717) is 5.56 Å². The topological polar surface area (TPSA) is 124 Å². The van der Waals surface area contributed by atoms with Crippen molar-refractivity contribution in [2.24, 2.45) is 0 Å². The second kappa shape index (κ2) is 11.9. The van der Waals surface area contributed by atoms with Gasteiger partial charge in [-0.3, -0.25) is 14.8 Å². The number of hydroxylamine groups is 1. The van der Waals surface area contributed by atoms with Gasteiger partial charge in [0.2, 0.25) is 0 Å². The summed E-state index contributed by atoms with van der Waals surface area (Å²) in [5.74, 6) is -0.476. The third kappa shape index (κ3) is 6.98. The maximum Gasteiger partial charge on any atom is 0.268 e. The molecular formula is C24H28N4O5. The highest BCUT2D eigenvalue weighted by atomic mass is 16.5. The number of rotatable bonds is 8. The van der Waals surface area contributed by atoms with E-state index in [1.165, 1.54) is 12.4 Å². The molecule has 174 valence electrons. The molecule has 2 amide bonds. The summed E-state index contributed by atoms with van der Waals surface area (Å²) < 4.78 is 5.36. The highest BCUT2D eigenvalue weighted by Crippen LogP contribution is 2.14. The highest BCUT2D eigenvalue weighted by molar-refractivity contribution is 5.97. The van der Waals surface area contributed by atoms with Gasteiger partial charge in [0.05, 0.1) is 19.3 Å². The van der Waals surface area contributed by atoms with E-state index >= 15 is 0 Å². The zero-order valence-electron chi connectivity index (χ0n) is 18.3. The second-order valence-electron chi connectivity index (χ2n) is 7.56. The molecule has 2 heterocycles. The molecule has 1 aliphatic heterocycles. The van der Waals surface area contributed by atoms with Crippen LogP contribution in [0.15, 0.2) is 54.7 Å². The number of benzene rings is 1. The zero-order valence-corrected chi connectivity index (χ0v) is 18.3. The van der Waals surface area contributed by atoms with Crippen molar-refractivity contribution < 1.29 is 24.6 Å². The van der Waals surface area contributed by atoms with Crippen molar-refractivity contribution in [3.8, 4) is 0 Å². The van der Waals surface area contributed by atoms with Crippen LogP contribution >= 0.6 is 0 Å². The van der Waals surface area contributed by atoms with Crippen molar-refractivity contribution in [1.82, 2.24) is 15.8 Å². The van der Waals surface area contributed by atoms with Crippen LogP contribution in [0.4, 0.5) is 5.82 Å². The van der Waals surface area contributed by atoms with Gasteiger partial charge in [-0.2, -0.15) is 0 Å². The minimum atomic E-state index is -1.26. The fraction of sp³-hybridized carbons (Fsp3) is 0.292. The van der Waals surface area contributed by atoms with Crippen molar-refractivity contribution in [2.75, 3.05) is 31.2 Å². The Labute approximate surface area is 192 Å². The molecule has 1 aromatic carbocycles. The zero-order chi connectivity index (χ0) is 23.6. The van der Waals surface area contributed by atoms with E-state index in [4.69, 9.17) is 9.94 Å². The summed E-state index contributed by atoms with van der Waals surface area (Å²) in [6, 6.07) is 9.52. The number of aromatic nitrogens is 1. The van der Waals surface area contributed by atoms with E-state index in [2.05, 4.69) is 15.2 Å². The minimum Gasteiger partial charge on any atom is -0.391 e. The van der Waals surface area contributed by atoms with Crippen LogP contribution in [0.5, 0.6) is 0 Å². The molecule has 0 bridgehead atoms. The van der Waals surface area contributed by atoms with Crippen LogP contribution in [0.25, 0.3) is 12.2 Å². The fourth-order valence-corrected chi connectivity index (χ4v) is 3.25. The predicted molar refractivity (Wildman–Crippen MR) is 125 cm³/mol. The Hall–Kier alpha value is -3.53. The Kier molecular flexibility index (Phi) is 8.71. The normalized spacial score (nSPS) is 16.0. The van der Waals surface area contributed by atoms with Gasteiger partial charge in [0.25, 0.3) is 11.8 Å². The van der Waals surface area contributed by atoms with E-state index in [1.807, 2.05) is 42.6 Å². The molecule has 1 saturated heterocycles. The summed E-state index contributed by atoms with van der Waals surface area (Å²) in [6.45, 7) is 4.50. The third-order valence-corrected chi connectivity index (χ3v) is 5.13. The van der Waals surface area contributed by atoms with Crippen LogP contribution in [0.2, 0.25) is 0 Å². The molecule has 0 spiro atoms. The summed E-state index contributed by atoms with van der Waals surface area (Å²) in [5.41, 5.74) is 3.63. The number of nitrogens with zero attached hydrogens (tertiary/aromatic N) is 2. The Morgan fingerprint density at radius 1 is 1.06 bits per heavy atom. The molecule has 0 radical (unpaired) electrons. The number of anilines is 1. The molecule has 33 heavy (non-hydrogen) atoms. The lowest BCUT2D eigenvalue weighted by molar-refractivity contribution is -0.133. The minimum absolute atomic E-state index is 0.325. The summed E-state index contributed by atoms with van der Waals surface area (Å²) in [5, 5.41) is 20.7. The fourth-order valence-electron chi connectivity index (χ4n) is 3.25. The first kappa shape index (κ1) is 24.1. The van der Waals surface area contributed by atoms with Crippen LogP contribution in [0.1, 0.15) is 28.4 Å². The number of hydrogen-bond donors (Lipinski definition) is 4. The lowest BCUT2D eigenvalue weighted by Crippen LogP contribution is -2.51. The summed E-state index contributed by atoms with van der Waals surface area (Å²) >= 11 is 0. The quantitative estimate of drug-likeness (QED) is 0.273. The average Bonchev–Trinajstić information content (AvgIpc) is 2.85. The molecule has 2 atom stereocenters. The SMILES string of the molecule is CC(O)C(NC(=O)c1ccc(C=CC=Cc2ccc(N3CCOCC3)nc2)cc1)C(=O)NO. The van der Waals surface area contributed by atoms with Gasteiger partial charge < -0.3 is 20.1 Å². The maximum absolute atomic E-state index is 12.3. The predicted octanol–water partition coefficient (Wildman–Crippen LogP) is 1.63. The van der Waals surface area contributed by atoms with E-state index in [-0.39, 0.29) is 0 Å². The number of pyridine rings is 1. The summed E-state index contributed by atoms with van der Waals surface area (Å²) in [6.07, 6.45) is 8.32. The van der Waals surface area contributed by atoms with Crippen LogP contribution in [-0.2, 0) is 9.53 Å². The van der Waals surface area contributed by atoms with Gasteiger partial charge in [0.1, 0.15) is 11.9 Å². The number of carbonyl (C=O) groups is 2. The monoisotopic (exact) mass is 452 g/mol. The lowest BCUT2D eigenvalue weighted by atomic mass is 10.1. The van der Waals surface area contributed by atoms with Crippen molar-refractivity contribution in [3.63, 3.8) is 0 Å². The number of allylic oxidation sites excluding steroid dienone is 2. The number of hydrogen-bond acceptors (Lipinski definition) is 7. The molecule has 0 saturated carbocycles. The summed E-state index contributed by atoms with van der Waals surface area (Å²) in [7, 11) is 0. The van der Waals surface area contributed by atoms with Gasteiger partial charge in [-0.25, -0.2) is 10.5 Å². The maximum atomic E-state index is 12.3. The number of amides is 2. The second-order valence-corrected chi connectivity index (χ2v) is 7.56. The first-order chi connectivity index (χ1) is 16.0. The molecular weight excluding hydrogens is 424 g/mol. The Morgan fingerprint density at radius 2 is 1.70 bits per heavy atom. The molecule has 9 heteroatoms. The van der Waals surface area contributed by atoms with Crippen molar-refractivity contribution >= 4 is 29.8 Å². The van der Waals surface area contributed by atoms with E-state index in [9.17, 15) is 14.7 Å². The molecule has 1 fully saturated rings. The molecule has 1 aliphatic rings. The van der Waals surface area contributed by atoms with Gasteiger partial charge in [-0.05, 0) is 42.3 Å². The standard InChI is InChI=1S/C24H28N4O5/c1-17(29)22(24(31)27-32)26-23(30)20-9-6-18(7-10-20)4-2-3-5-19-8-11-21(25-16-19)28-12-14-33-15-13-28/h2-11,16-17,22,29,32H,12-15H2,1H3,(H,26,30)(H,27,31). The van der Waals surface area contributed by atoms with Crippen molar-refractivity contribution in [3.05, 3.63) is 71.4 Å². The summed E-state index contributed by atoms with van der Waals surface area (Å²) in [4.78, 5) is 30.6. The van der Waals surface area contributed by atoms with Gasteiger partial charge in [-0.1, -0.05) is 36.4 Å². The number of aliphatic hydroxyl groups excluding tert-OH is 1. The first-order valence-electron chi connectivity index (χ1n) is 10.6. The van der Waals surface area contributed by atoms with Gasteiger partial charge >= 0.3 is 0 Å². The average molecular weight is 453 g/mol. The lowest BCUT2D eigenvalue weighted by Gasteiger charge is -2.27. The van der Waals surface area contributed by atoms with E-state index in [1.54, 1.807) is 24.3 Å². The van der Waals surface area contributed by atoms with Crippen molar-refractivity contribution in [1.29, 1.82) is 0 Å². The number of ether oxygens (including phenoxy) is 1. The van der Waals surface area contributed by atoms with Crippen molar-refractivity contribution in [2.45, 2.75) is 19.1 Å². The van der Waals surface area contributed by atoms with Gasteiger partial charge in [0.15, 0.2) is 0 Å². The van der Waals surface area contributed by atoms with E-state index in [0.717, 1.165) is 43.2 Å². The Balaban J connectivity index is 1.53. The van der Waals surface area contributed by atoms with Crippen LogP contribution in [0, 0.1) is 0 Å². The number of morpholine rings is 1. The largest absolute Gasteiger partial charge is 0.391 e. The number of aliphatic hydroxyl groups is 1. The highest BCUT2D eigenvalue weighted by Gasteiger charge is 2.25. The Morgan fingerprint density at radius 3 is 2.27 bits per heavy atom. The third-order valence-electron chi connectivity index (χ3n) is 5.13. The Bertz CT molecular complexity index is 981. The molecule has 2 unspecified atom stereocenters. The first-order valence-corrected chi connectivity index (χ1v) is 10.6. The molecule has 0 aliphatic carbocycles. The number of nitrogens with one attached hydrogen (secondary N) is 2. The van der Waals surface area contributed by atoms with Crippen LogP contribution in [0.3, 0.4) is 0 Å². The number of carbonyl (C=O) groups excluding carboxylic acids is 2. The molecule has 4 N–H and O–H groups in total. The van der Waals surface area contributed by atoms with Gasteiger partial charge in [-0.15, -0.1) is 0 Å². The van der Waals surface area contributed by atoms with Crippen LogP contribution < -0.4 is 15.7 Å². The molecule has 9 nitrogen and oxygen atoms in total. The van der Waals surface area contributed by atoms with Crippen LogP contribution in [-0.4, -0.2) is 65.6 Å². The molecule has 1 aromatic heterocycles. The molecule has 3 rings (SSSR count). The van der Waals surface area contributed by atoms with E-state index < -0.39 is 24.0 Å². The van der Waals surface area contributed by atoms with Gasteiger partial charge in [0, 0.05) is 24.8 Å². The molecule has 2 aromatic rings. The smallest absolute Gasteiger partial charge is 0.268 e.